The Kier molecular flexibility index (Phi) is 5.62. The number of halogens is 2. The van der Waals surface area contributed by atoms with Gasteiger partial charge in [0.15, 0.2) is 0 Å². The van der Waals surface area contributed by atoms with Crippen molar-refractivity contribution < 1.29 is 18.5 Å². The van der Waals surface area contributed by atoms with Gasteiger partial charge in [0.1, 0.15) is 15.7 Å². The molecule has 0 spiro atoms. The molecule has 1 atom stereocenters. The maximum Gasteiger partial charge on any atom is 0.354 e. The predicted octanol–water partition coefficient (Wildman–Crippen LogP) is 4.62. The second-order valence-corrected chi connectivity index (χ2v) is 10.7. The molecule has 4 rings (SSSR count). The van der Waals surface area contributed by atoms with Crippen LogP contribution in [-0.2, 0) is 41.2 Å². The molecule has 31 heavy (non-hydrogen) atoms. The van der Waals surface area contributed by atoms with Crippen LogP contribution in [0.5, 0.6) is 0 Å². The van der Waals surface area contributed by atoms with Crippen molar-refractivity contribution in [2.45, 2.75) is 62.9 Å². The first-order valence-corrected chi connectivity index (χ1v) is 12.2. The van der Waals surface area contributed by atoms with Gasteiger partial charge in [-0.3, -0.25) is 0 Å². The van der Waals surface area contributed by atoms with Crippen molar-refractivity contribution >= 4 is 33.2 Å². The minimum Gasteiger partial charge on any atom is -0.386 e. The number of fused-ring (bicyclic) bond motifs is 2. The highest BCUT2D eigenvalue weighted by Gasteiger charge is 2.29. The molecule has 2 amide bonds. The van der Waals surface area contributed by atoms with Crippen LogP contribution in [0.15, 0.2) is 27.5 Å². The highest BCUT2D eigenvalue weighted by molar-refractivity contribution is 7.91. The van der Waals surface area contributed by atoms with Crippen molar-refractivity contribution in [3.63, 3.8) is 0 Å². The van der Waals surface area contributed by atoms with Crippen LogP contribution < -0.4 is 10.5 Å². The first kappa shape index (κ1) is 22.2. The standard InChI is InChI=1S/C22H25ClFN3O3S/c1-22(2,29)12-9-10-18(17(24)11-12)31(25,30)27-21(28)26-20-15-7-3-5-13(15)19(23)14-6-4-8-16(14)20/h9-11,29H,3-8H2,1-2H3,(H3,25,26,27,28,30)/t31-/m0/s1. The molecule has 2 aliphatic carbocycles. The molecule has 2 aromatic rings. The molecule has 4 N–H and O–H groups in total. The number of carbonyl (C=O) groups excluding carboxylic acids is 1. The molecule has 0 bridgehead atoms. The van der Waals surface area contributed by atoms with Crippen molar-refractivity contribution in [2.24, 2.45) is 9.50 Å². The molecule has 0 saturated carbocycles. The highest BCUT2D eigenvalue weighted by atomic mass is 35.5. The number of amides is 2. The summed E-state index contributed by atoms with van der Waals surface area (Å²) in [6, 6.07) is 2.77. The topological polar surface area (TPSA) is 105 Å². The van der Waals surface area contributed by atoms with Crippen LogP contribution in [0.4, 0.5) is 14.9 Å². The summed E-state index contributed by atoms with van der Waals surface area (Å²) in [5, 5.41) is 19.4. The zero-order chi connectivity index (χ0) is 22.6. The second-order valence-electron chi connectivity index (χ2n) is 8.60. The van der Waals surface area contributed by atoms with E-state index in [4.69, 9.17) is 16.7 Å². The number of carbonyl (C=O) groups is 1. The van der Waals surface area contributed by atoms with E-state index in [1.807, 2.05) is 0 Å². The molecule has 6 nitrogen and oxygen atoms in total. The molecular weight excluding hydrogens is 441 g/mol. The Bertz CT molecular complexity index is 1180. The number of anilines is 1. The van der Waals surface area contributed by atoms with Gasteiger partial charge in [0.25, 0.3) is 0 Å². The molecule has 0 heterocycles. The number of rotatable bonds is 3. The third-order valence-electron chi connectivity index (χ3n) is 5.97. The molecule has 0 unspecified atom stereocenters. The molecule has 0 aromatic heterocycles. The number of hydrogen-bond acceptors (Lipinski definition) is 3. The average molecular weight is 466 g/mol. The Balaban J connectivity index is 1.69. The van der Waals surface area contributed by atoms with E-state index in [1.165, 1.54) is 26.0 Å². The van der Waals surface area contributed by atoms with Crippen molar-refractivity contribution in [3.05, 3.63) is 56.9 Å². The number of hydrogen-bond donors (Lipinski definition) is 3. The fourth-order valence-electron chi connectivity index (χ4n) is 4.46. The maximum atomic E-state index is 14.6. The van der Waals surface area contributed by atoms with E-state index in [-0.39, 0.29) is 4.90 Å². The highest BCUT2D eigenvalue weighted by Crippen LogP contribution is 2.44. The van der Waals surface area contributed by atoms with Gasteiger partial charge in [0, 0.05) is 10.7 Å². The lowest BCUT2D eigenvalue weighted by Gasteiger charge is -2.19. The monoisotopic (exact) mass is 465 g/mol. The third kappa shape index (κ3) is 4.09. The van der Waals surface area contributed by atoms with Crippen LogP contribution in [-0.4, -0.2) is 15.3 Å². The average Bonchev–Trinajstić information content (AvgIpc) is 3.33. The summed E-state index contributed by atoms with van der Waals surface area (Å²) < 4.78 is 31.1. The number of nitrogens with one attached hydrogen (secondary N) is 1. The quantitative estimate of drug-likeness (QED) is 0.616. The van der Waals surface area contributed by atoms with E-state index in [1.54, 1.807) is 0 Å². The zero-order valence-corrected chi connectivity index (χ0v) is 19.0. The van der Waals surface area contributed by atoms with E-state index in [0.29, 0.717) is 11.3 Å². The van der Waals surface area contributed by atoms with E-state index >= 15 is 0 Å². The summed E-state index contributed by atoms with van der Waals surface area (Å²) in [5.41, 5.74) is 3.81. The van der Waals surface area contributed by atoms with Crippen LogP contribution in [0, 0.1) is 5.82 Å². The van der Waals surface area contributed by atoms with Gasteiger partial charge in [-0.15, -0.1) is 4.36 Å². The Morgan fingerprint density at radius 3 is 2.23 bits per heavy atom. The van der Waals surface area contributed by atoms with Crippen LogP contribution in [0.25, 0.3) is 0 Å². The van der Waals surface area contributed by atoms with Gasteiger partial charge < -0.3 is 10.4 Å². The molecule has 9 heteroatoms. The van der Waals surface area contributed by atoms with Crippen LogP contribution in [0.1, 0.15) is 54.5 Å². The SMILES string of the molecule is CC(C)(O)c1ccc([S@@](N)(=O)=NC(=O)Nc2c3c(c(Cl)c4c2CCC4)CCC3)c(F)c1. The number of benzene rings is 2. The number of nitrogens with two attached hydrogens (primary N) is 1. The van der Waals surface area contributed by atoms with E-state index < -0.39 is 27.4 Å². The van der Waals surface area contributed by atoms with Crippen LogP contribution in [0.2, 0.25) is 5.02 Å². The fraction of sp³-hybridized carbons (Fsp3) is 0.409. The Morgan fingerprint density at radius 1 is 1.16 bits per heavy atom. The molecule has 0 fully saturated rings. The van der Waals surface area contributed by atoms with E-state index in [2.05, 4.69) is 9.68 Å². The molecule has 0 aliphatic heterocycles. The van der Waals surface area contributed by atoms with Crippen molar-refractivity contribution in [1.82, 2.24) is 0 Å². The smallest absolute Gasteiger partial charge is 0.354 e. The molecule has 2 aromatic carbocycles. The minimum absolute atomic E-state index is 0.292. The van der Waals surface area contributed by atoms with Crippen molar-refractivity contribution in [1.29, 1.82) is 0 Å². The first-order chi connectivity index (χ1) is 14.5. The number of aliphatic hydroxyl groups is 1. The van der Waals surface area contributed by atoms with Crippen molar-refractivity contribution in [2.75, 3.05) is 5.32 Å². The summed E-state index contributed by atoms with van der Waals surface area (Å²) in [6.07, 6.45) is 5.20. The third-order valence-corrected chi connectivity index (χ3v) is 7.83. The molecular formula is C22H25ClFN3O3S. The van der Waals surface area contributed by atoms with Gasteiger partial charge in [-0.25, -0.2) is 18.5 Å². The second kappa shape index (κ2) is 7.85. The van der Waals surface area contributed by atoms with Gasteiger partial charge >= 0.3 is 6.03 Å². The number of nitrogens with zero attached hydrogens (tertiary/aromatic N) is 1. The molecule has 0 radical (unpaired) electrons. The zero-order valence-electron chi connectivity index (χ0n) is 17.4. The van der Waals surface area contributed by atoms with Gasteiger partial charge in [0.2, 0.25) is 0 Å². The minimum atomic E-state index is -3.83. The molecule has 0 saturated heterocycles. The summed E-state index contributed by atoms with van der Waals surface area (Å²) in [4.78, 5) is 12.3. The summed E-state index contributed by atoms with van der Waals surface area (Å²) in [6.45, 7) is 3.00. The van der Waals surface area contributed by atoms with Crippen molar-refractivity contribution in [3.8, 4) is 0 Å². The fourth-order valence-corrected chi connectivity index (χ4v) is 5.87. The molecule has 166 valence electrons. The lowest BCUT2D eigenvalue weighted by atomic mass is 9.98. The van der Waals surface area contributed by atoms with Crippen LogP contribution >= 0.6 is 11.6 Å². The van der Waals surface area contributed by atoms with Gasteiger partial charge in [-0.2, -0.15) is 0 Å². The Labute approximate surface area is 186 Å². The van der Waals surface area contributed by atoms with Gasteiger partial charge in [0.05, 0.1) is 10.5 Å². The molecule has 2 aliphatic rings. The largest absolute Gasteiger partial charge is 0.386 e. The lowest BCUT2D eigenvalue weighted by molar-refractivity contribution is 0.0781. The first-order valence-electron chi connectivity index (χ1n) is 10.2. The predicted molar refractivity (Wildman–Crippen MR) is 119 cm³/mol. The van der Waals surface area contributed by atoms with E-state index in [9.17, 15) is 18.5 Å². The van der Waals surface area contributed by atoms with E-state index in [0.717, 1.165) is 71.9 Å². The Hall–Kier alpha value is -2.00. The summed E-state index contributed by atoms with van der Waals surface area (Å²) >= 11 is 6.60. The van der Waals surface area contributed by atoms with Crippen LogP contribution in [0.3, 0.4) is 0 Å². The number of urea groups is 1. The maximum absolute atomic E-state index is 14.6. The summed E-state index contributed by atoms with van der Waals surface area (Å²) in [5.74, 6) is -0.892. The Morgan fingerprint density at radius 2 is 1.71 bits per heavy atom. The van der Waals surface area contributed by atoms with Gasteiger partial charge in [-0.1, -0.05) is 17.7 Å². The summed E-state index contributed by atoms with van der Waals surface area (Å²) in [7, 11) is -3.83. The normalized spacial score (nSPS) is 17.1. The lowest BCUT2D eigenvalue weighted by Crippen LogP contribution is -2.21. The van der Waals surface area contributed by atoms with Gasteiger partial charge in [-0.05, 0) is 92.3 Å².